The fourth-order valence-electron chi connectivity index (χ4n) is 2.53. The molecule has 5 nitrogen and oxygen atoms in total. The van der Waals surface area contributed by atoms with Crippen LogP contribution >= 0.6 is 0 Å². The van der Waals surface area contributed by atoms with Gasteiger partial charge in [0.05, 0.1) is 11.9 Å². The fourth-order valence-corrected chi connectivity index (χ4v) is 2.53. The number of carbonyl (C=O) groups is 1. The van der Waals surface area contributed by atoms with Crippen LogP contribution in [0.15, 0.2) is 72.9 Å². The Morgan fingerprint density at radius 1 is 0.964 bits per heavy atom. The average molecular weight is 375 g/mol. The molecule has 0 spiro atoms. The van der Waals surface area contributed by atoms with E-state index in [1.807, 2.05) is 60.7 Å². The number of anilines is 2. The van der Waals surface area contributed by atoms with E-state index in [1.54, 1.807) is 12.3 Å². The lowest BCUT2D eigenvalue weighted by molar-refractivity contribution is 0.102. The number of hydrogen-bond acceptors (Lipinski definition) is 4. The van der Waals surface area contributed by atoms with Crippen molar-refractivity contribution in [1.82, 2.24) is 4.98 Å². The first-order chi connectivity index (χ1) is 13.6. The molecule has 1 heterocycles. The van der Waals surface area contributed by atoms with Crippen LogP contribution in [-0.2, 0) is 6.61 Å². The lowest BCUT2D eigenvalue weighted by Crippen LogP contribution is -2.14. The van der Waals surface area contributed by atoms with Gasteiger partial charge in [0.2, 0.25) is 0 Å². The zero-order chi connectivity index (χ0) is 19.8. The van der Waals surface area contributed by atoms with Crippen LogP contribution in [0.4, 0.5) is 11.4 Å². The number of amides is 1. The van der Waals surface area contributed by atoms with Crippen molar-refractivity contribution in [2.75, 3.05) is 17.2 Å². The SMILES string of the molecule is CC(C)CNc1ccc(C(=O)Nc2ccc(OCc3ccccc3)cc2)nc1. The third-order valence-electron chi connectivity index (χ3n) is 4.07. The molecule has 3 rings (SSSR count). The summed E-state index contributed by atoms with van der Waals surface area (Å²) in [5.41, 5.74) is 3.09. The highest BCUT2D eigenvalue weighted by atomic mass is 16.5. The largest absolute Gasteiger partial charge is 0.489 e. The van der Waals surface area contributed by atoms with Crippen molar-refractivity contribution >= 4 is 17.3 Å². The van der Waals surface area contributed by atoms with E-state index < -0.39 is 0 Å². The molecule has 0 aliphatic carbocycles. The molecule has 0 saturated heterocycles. The molecular formula is C23H25N3O2. The first-order valence-corrected chi connectivity index (χ1v) is 9.38. The maximum atomic E-state index is 12.4. The van der Waals surface area contributed by atoms with Gasteiger partial charge in [-0.1, -0.05) is 44.2 Å². The molecule has 0 radical (unpaired) electrons. The Hall–Kier alpha value is -3.34. The van der Waals surface area contributed by atoms with Crippen LogP contribution < -0.4 is 15.4 Å². The topological polar surface area (TPSA) is 63.2 Å². The third-order valence-corrected chi connectivity index (χ3v) is 4.07. The number of nitrogens with one attached hydrogen (secondary N) is 2. The van der Waals surface area contributed by atoms with Crippen LogP contribution in [0.5, 0.6) is 5.75 Å². The Morgan fingerprint density at radius 2 is 1.68 bits per heavy atom. The van der Waals surface area contributed by atoms with Gasteiger partial charge in [0.25, 0.3) is 5.91 Å². The summed E-state index contributed by atoms with van der Waals surface area (Å²) in [4.78, 5) is 16.6. The van der Waals surface area contributed by atoms with Crippen molar-refractivity contribution in [2.45, 2.75) is 20.5 Å². The van der Waals surface area contributed by atoms with Gasteiger partial charge >= 0.3 is 0 Å². The summed E-state index contributed by atoms with van der Waals surface area (Å²) in [6, 6.07) is 20.9. The molecule has 0 atom stereocenters. The van der Waals surface area contributed by atoms with Gasteiger partial charge in [0.1, 0.15) is 18.1 Å². The quantitative estimate of drug-likeness (QED) is 0.583. The fraction of sp³-hybridized carbons (Fsp3) is 0.217. The third kappa shape index (κ3) is 5.84. The van der Waals surface area contributed by atoms with Crippen molar-refractivity contribution in [2.24, 2.45) is 5.92 Å². The van der Waals surface area contributed by atoms with Crippen LogP contribution in [0.3, 0.4) is 0 Å². The second kappa shape index (κ2) is 9.55. The van der Waals surface area contributed by atoms with Crippen molar-refractivity contribution in [3.8, 4) is 5.75 Å². The molecule has 2 aromatic carbocycles. The Bertz CT molecular complexity index is 876. The van der Waals surface area contributed by atoms with E-state index in [4.69, 9.17) is 4.74 Å². The van der Waals surface area contributed by atoms with E-state index in [9.17, 15) is 4.79 Å². The number of benzene rings is 2. The molecule has 1 aromatic heterocycles. The van der Waals surface area contributed by atoms with Crippen molar-refractivity contribution in [3.63, 3.8) is 0 Å². The van der Waals surface area contributed by atoms with Gasteiger partial charge < -0.3 is 15.4 Å². The smallest absolute Gasteiger partial charge is 0.274 e. The summed E-state index contributed by atoms with van der Waals surface area (Å²) in [5, 5.41) is 6.13. The van der Waals surface area contributed by atoms with Crippen LogP contribution in [0.25, 0.3) is 0 Å². The first-order valence-electron chi connectivity index (χ1n) is 9.38. The van der Waals surface area contributed by atoms with Crippen molar-refractivity contribution in [1.29, 1.82) is 0 Å². The Morgan fingerprint density at radius 3 is 2.32 bits per heavy atom. The van der Waals surface area contributed by atoms with Crippen LogP contribution in [0, 0.1) is 5.92 Å². The molecule has 2 N–H and O–H groups in total. The minimum Gasteiger partial charge on any atom is -0.489 e. The maximum absolute atomic E-state index is 12.4. The molecule has 144 valence electrons. The van der Waals surface area contributed by atoms with Gasteiger partial charge in [-0.15, -0.1) is 0 Å². The summed E-state index contributed by atoms with van der Waals surface area (Å²) in [7, 11) is 0. The normalized spacial score (nSPS) is 10.5. The summed E-state index contributed by atoms with van der Waals surface area (Å²) in [5.74, 6) is 1.05. The summed E-state index contributed by atoms with van der Waals surface area (Å²) in [6.07, 6.45) is 1.68. The maximum Gasteiger partial charge on any atom is 0.274 e. The van der Waals surface area contributed by atoms with E-state index >= 15 is 0 Å². The highest BCUT2D eigenvalue weighted by Crippen LogP contribution is 2.18. The van der Waals surface area contributed by atoms with Crippen molar-refractivity contribution < 1.29 is 9.53 Å². The van der Waals surface area contributed by atoms with Crippen molar-refractivity contribution in [3.05, 3.63) is 84.2 Å². The molecule has 0 bridgehead atoms. The second-order valence-electron chi connectivity index (χ2n) is 6.96. The van der Waals surface area contributed by atoms with E-state index in [0.29, 0.717) is 23.9 Å². The summed E-state index contributed by atoms with van der Waals surface area (Å²) in [6.45, 7) is 5.65. The highest BCUT2D eigenvalue weighted by molar-refractivity contribution is 6.02. The number of ether oxygens (including phenoxy) is 1. The molecular weight excluding hydrogens is 350 g/mol. The lowest BCUT2D eigenvalue weighted by atomic mass is 10.2. The Balaban J connectivity index is 1.52. The van der Waals surface area contributed by atoms with Gasteiger partial charge in [-0.05, 0) is 47.9 Å². The Labute approximate surface area is 165 Å². The lowest BCUT2D eigenvalue weighted by Gasteiger charge is -2.10. The first kappa shape index (κ1) is 19.4. The molecule has 5 heteroatoms. The number of aromatic nitrogens is 1. The summed E-state index contributed by atoms with van der Waals surface area (Å²) < 4.78 is 5.76. The monoisotopic (exact) mass is 375 g/mol. The zero-order valence-corrected chi connectivity index (χ0v) is 16.2. The molecule has 0 aliphatic heterocycles. The predicted octanol–water partition coefficient (Wildman–Crippen LogP) is 4.98. The molecule has 3 aromatic rings. The van der Waals surface area contributed by atoms with E-state index in [1.165, 1.54) is 0 Å². The zero-order valence-electron chi connectivity index (χ0n) is 16.2. The molecule has 0 saturated carbocycles. The van der Waals surface area contributed by atoms with Crippen LogP contribution in [0.2, 0.25) is 0 Å². The standard InChI is InChI=1S/C23H25N3O2/c1-17(2)14-24-20-10-13-22(25-15-20)23(27)26-19-8-11-21(12-9-19)28-16-18-6-4-3-5-7-18/h3-13,15,17,24H,14,16H2,1-2H3,(H,26,27). The number of carbonyl (C=O) groups excluding carboxylic acids is 1. The van der Waals surface area contributed by atoms with Crippen LogP contribution in [0.1, 0.15) is 29.9 Å². The molecule has 28 heavy (non-hydrogen) atoms. The second-order valence-corrected chi connectivity index (χ2v) is 6.96. The average Bonchev–Trinajstić information content (AvgIpc) is 2.73. The van der Waals surface area contributed by atoms with Gasteiger partial charge in [-0.25, -0.2) is 4.98 Å². The van der Waals surface area contributed by atoms with E-state index in [0.717, 1.165) is 23.5 Å². The molecule has 0 fully saturated rings. The molecule has 0 aliphatic rings. The highest BCUT2D eigenvalue weighted by Gasteiger charge is 2.08. The Kier molecular flexibility index (Phi) is 6.63. The van der Waals surface area contributed by atoms with E-state index in [-0.39, 0.29) is 5.91 Å². The summed E-state index contributed by atoms with van der Waals surface area (Å²) >= 11 is 0. The van der Waals surface area contributed by atoms with Gasteiger partial charge in [-0.3, -0.25) is 4.79 Å². The van der Waals surface area contributed by atoms with Crippen LogP contribution in [-0.4, -0.2) is 17.4 Å². The minimum atomic E-state index is -0.242. The van der Waals surface area contributed by atoms with Gasteiger partial charge in [0.15, 0.2) is 0 Å². The number of pyridine rings is 1. The van der Waals surface area contributed by atoms with Gasteiger partial charge in [0, 0.05) is 12.2 Å². The molecule has 1 amide bonds. The minimum absolute atomic E-state index is 0.242. The number of nitrogens with zero attached hydrogens (tertiary/aromatic N) is 1. The number of hydrogen-bond donors (Lipinski definition) is 2. The van der Waals surface area contributed by atoms with Gasteiger partial charge in [-0.2, -0.15) is 0 Å². The van der Waals surface area contributed by atoms with E-state index in [2.05, 4.69) is 29.5 Å². The number of rotatable bonds is 8. The molecule has 0 unspecified atom stereocenters. The predicted molar refractivity (Wildman–Crippen MR) is 113 cm³/mol.